The summed E-state index contributed by atoms with van der Waals surface area (Å²) in [7, 11) is 2.99. The minimum atomic E-state index is -0.270. The fourth-order valence-corrected chi connectivity index (χ4v) is 3.96. The van der Waals surface area contributed by atoms with Gasteiger partial charge in [-0.05, 0) is 40.8 Å². The summed E-state index contributed by atoms with van der Waals surface area (Å²) in [6.45, 7) is 5.50. The normalized spacial score (nSPS) is 12.5. The minimum Gasteiger partial charge on any atom is -0.496 e. The largest absolute Gasteiger partial charge is 0.496 e. The topological polar surface area (TPSA) is 61.8 Å². The van der Waals surface area contributed by atoms with Gasteiger partial charge in [0.25, 0.3) is 0 Å². The molecule has 0 aliphatic heterocycles. The van der Waals surface area contributed by atoms with Gasteiger partial charge < -0.3 is 14.2 Å². The van der Waals surface area contributed by atoms with E-state index in [1.54, 1.807) is 30.3 Å². The van der Waals surface area contributed by atoms with Crippen LogP contribution in [-0.2, 0) is 11.3 Å². The Hall–Kier alpha value is -3.44. The zero-order valence-electron chi connectivity index (χ0n) is 18.7. The van der Waals surface area contributed by atoms with E-state index in [0.29, 0.717) is 41.8 Å². The van der Waals surface area contributed by atoms with Gasteiger partial charge in [0, 0.05) is 17.7 Å². The van der Waals surface area contributed by atoms with Gasteiger partial charge in [0.05, 0.1) is 32.0 Å². The number of benzene rings is 3. The van der Waals surface area contributed by atoms with Crippen molar-refractivity contribution in [2.75, 3.05) is 20.8 Å². The van der Waals surface area contributed by atoms with E-state index >= 15 is 0 Å². The molecule has 5 heteroatoms. The molecule has 0 spiro atoms. The average molecular weight is 431 g/mol. The average Bonchev–Trinajstić information content (AvgIpc) is 2.81. The number of ketones is 2. The molecule has 3 aromatic carbocycles. The standard InChI is InChI=1S/C27H26O5/c1-16(2)14-32-15-17-8-10-18(11-9-17)19-12-21-25(23(13-19)31-4)27(29)24-20(26(21)28)6-5-7-22(24)30-3/h5-13,16H,14-15H2,1-4H3. The molecule has 164 valence electrons. The van der Waals surface area contributed by atoms with Crippen LogP contribution in [0.1, 0.15) is 51.3 Å². The van der Waals surface area contributed by atoms with Crippen molar-refractivity contribution in [3.63, 3.8) is 0 Å². The summed E-state index contributed by atoms with van der Waals surface area (Å²) in [5.41, 5.74) is 4.05. The molecule has 0 saturated heterocycles. The van der Waals surface area contributed by atoms with E-state index < -0.39 is 0 Å². The summed E-state index contributed by atoms with van der Waals surface area (Å²) >= 11 is 0. The predicted molar refractivity (Wildman–Crippen MR) is 123 cm³/mol. The smallest absolute Gasteiger partial charge is 0.201 e. The molecule has 0 aromatic heterocycles. The van der Waals surface area contributed by atoms with E-state index in [1.807, 2.05) is 24.3 Å². The van der Waals surface area contributed by atoms with Crippen LogP contribution in [-0.4, -0.2) is 32.4 Å². The van der Waals surface area contributed by atoms with Gasteiger partial charge in [0.1, 0.15) is 11.5 Å². The SMILES string of the molecule is COc1cccc2c1C(=O)c1c(OC)cc(-c3ccc(COCC(C)C)cc3)cc1C2=O. The van der Waals surface area contributed by atoms with Gasteiger partial charge >= 0.3 is 0 Å². The maximum Gasteiger partial charge on any atom is 0.201 e. The lowest BCUT2D eigenvalue weighted by atomic mass is 9.81. The van der Waals surface area contributed by atoms with Crippen LogP contribution in [0.4, 0.5) is 0 Å². The second kappa shape index (κ2) is 8.97. The third-order valence-electron chi connectivity index (χ3n) is 5.52. The molecule has 0 heterocycles. The lowest BCUT2D eigenvalue weighted by molar-refractivity contribution is 0.0971. The highest BCUT2D eigenvalue weighted by Gasteiger charge is 2.35. The molecule has 5 nitrogen and oxygen atoms in total. The molecule has 0 bridgehead atoms. The Morgan fingerprint density at radius 2 is 1.44 bits per heavy atom. The van der Waals surface area contributed by atoms with Crippen molar-refractivity contribution in [2.45, 2.75) is 20.5 Å². The highest BCUT2D eigenvalue weighted by molar-refractivity contribution is 6.30. The highest BCUT2D eigenvalue weighted by atomic mass is 16.5. The predicted octanol–water partition coefficient (Wildman–Crippen LogP) is 5.32. The Morgan fingerprint density at radius 3 is 2.09 bits per heavy atom. The first kappa shape index (κ1) is 21.8. The van der Waals surface area contributed by atoms with Crippen LogP contribution in [0.15, 0.2) is 54.6 Å². The van der Waals surface area contributed by atoms with Crippen LogP contribution in [0, 0.1) is 5.92 Å². The lowest BCUT2D eigenvalue weighted by Gasteiger charge is -2.22. The third kappa shape index (κ3) is 3.92. The Morgan fingerprint density at radius 1 is 0.750 bits per heavy atom. The Bertz CT molecular complexity index is 1180. The van der Waals surface area contributed by atoms with Crippen LogP contribution in [0.3, 0.4) is 0 Å². The van der Waals surface area contributed by atoms with Gasteiger partial charge in [0.2, 0.25) is 5.78 Å². The van der Waals surface area contributed by atoms with Gasteiger partial charge in [-0.1, -0.05) is 50.2 Å². The minimum absolute atomic E-state index is 0.215. The number of carbonyl (C=O) groups excluding carboxylic acids is 2. The van der Waals surface area contributed by atoms with Crippen LogP contribution in [0.2, 0.25) is 0 Å². The Labute approximate surface area is 187 Å². The molecule has 32 heavy (non-hydrogen) atoms. The first-order chi connectivity index (χ1) is 15.4. The van der Waals surface area contributed by atoms with Crippen LogP contribution >= 0.6 is 0 Å². The second-order valence-corrected chi connectivity index (χ2v) is 8.25. The van der Waals surface area contributed by atoms with E-state index in [2.05, 4.69) is 13.8 Å². The van der Waals surface area contributed by atoms with Gasteiger partial charge in [-0.25, -0.2) is 0 Å². The van der Waals surface area contributed by atoms with Crippen molar-refractivity contribution in [1.29, 1.82) is 0 Å². The quantitative estimate of drug-likeness (QED) is 0.397. The Kier molecular flexibility index (Phi) is 6.10. The van der Waals surface area contributed by atoms with Gasteiger partial charge in [0.15, 0.2) is 5.78 Å². The maximum atomic E-state index is 13.3. The molecule has 0 amide bonds. The zero-order valence-corrected chi connectivity index (χ0v) is 18.7. The molecule has 3 aromatic rings. The monoisotopic (exact) mass is 430 g/mol. The van der Waals surface area contributed by atoms with Crippen LogP contribution < -0.4 is 9.47 Å². The molecule has 4 rings (SSSR count). The summed E-state index contributed by atoms with van der Waals surface area (Å²) in [5, 5.41) is 0. The molecular weight excluding hydrogens is 404 g/mol. The van der Waals surface area contributed by atoms with E-state index in [9.17, 15) is 9.59 Å². The van der Waals surface area contributed by atoms with E-state index in [4.69, 9.17) is 14.2 Å². The van der Waals surface area contributed by atoms with E-state index in [-0.39, 0.29) is 22.7 Å². The number of ether oxygens (including phenoxy) is 3. The number of fused-ring (bicyclic) bond motifs is 2. The zero-order chi connectivity index (χ0) is 22.8. The third-order valence-corrected chi connectivity index (χ3v) is 5.52. The fraction of sp³-hybridized carbons (Fsp3) is 0.259. The number of methoxy groups -OCH3 is 2. The van der Waals surface area contributed by atoms with Gasteiger partial charge in [-0.3, -0.25) is 9.59 Å². The highest BCUT2D eigenvalue weighted by Crippen LogP contribution is 2.39. The first-order valence-electron chi connectivity index (χ1n) is 10.6. The van der Waals surface area contributed by atoms with Crippen molar-refractivity contribution in [2.24, 2.45) is 5.92 Å². The summed E-state index contributed by atoms with van der Waals surface area (Å²) in [4.78, 5) is 26.6. The van der Waals surface area contributed by atoms with E-state index in [1.165, 1.54) is 14.2 Å². The van der Waals surface area contributed by atoms with E-state index in [0.717, 1.165) is 16.7 Å². The molecule has 0 radical (unpaired) electrons. The second-order valence-electron chi connectivity index (χ2n) is 8.25. The van der Waals surface area contributed by atoms with Crippen LogP contribution in [0.25, 0.3) is 11.1 Å². The van der Waals surface area contributed by atoms with Crippen LogP contribution in [0.5, 0.6) is 11.5 Å². The molecule has 0 saturated carbocycles. The maximum absolute atomic E-state index is 13.3. The molecule has 1 aliphatic rings. The molecule has 0 fully saturated rings. The molecule has 0 unspecified atom stereocenters. The Balaban J connectivity index is 1.72. The summed E-state index contributed by atoms with van der Waals surface area (Å²) < 4.78 is 16.6. The van der Waals surface area contributed by atoms with Gasteiger partial charge in [-0.15, -0.1) is 0 Å². The molecule has 0 N–H and O–H groups in total. The number of hydrogen-bond acceptors (Lipinski definition) is 5. The number of carbonyl (C=O) groups is 2. The summed E-state index contributed by atoms with van der Waals surface area (Å²) in [6, 6.07) is 16.6. The van der Waals surface area contributed by atoms with Crippen molar-refractivity contribution >= 4 is 11.6 Å². The van der Waals surface area contributed by atoms with Crippen molar-refractivity contribution in [1.82, 2.24) is 0 Å². The van der Waals surface area contributed by atoms with Crippen molar-refractivity contribution < 1.29 is 23.8 Å². The fourth-order valence-electron chi connectivity index (χ4n) is 3.96. The molecule has 0 atom stereocenters. The van der Waals surface area contributed by atoms with Crippen molar-refractivity contribution in [3.8, 4) is 22.6 Å². The lowest BCUT2D eigenvalue weighted by Crippen LogP contribution is -2.22. The summed E-state index contributed by atoms with van der Waals surface area (Å²) in [6.07, 6.45) is 0. The van der Waals surface area contributed by atoms with Gasteiger partial charge in [-0.2, -0.15) is 0 Å². The summed E-state index contributed by atoms with van der Waals surface area (Å²) in [5.74, 6) is 0.757. The number of rotatable bonds is 7. The number of hydrogen-bond donors (Lipinski definition) is 0. The molecular formula is C27H26O5. The first-order valence-corrected chi connectivity index (χ1v) is 10.6. The van der Waals surface area contributed by atoms with Crippen molar-refractivity contribution in [3.05, 3.63) is 82.4 Å². The molecule has 1 aliphatic carbocycles.